The van der Waals surface area contributed by atoms with E-state index in [4.69, 9.17) is 11.6 Å². The predicted molar refractivity (Wildman–Crippen MR) is 143 cm³/mol. The van der Waals surface area contributed by atoms with E-state index in [0.717, 1.165) is 19.7 Å². The van der Waals surface area contributed by atoms with Gasteiger partial charge >= 0.3 is 0 Å². The molecular weight excluding hydrogens is 500 g/mol. The lowest BCUT2D eigenvalue weighted by Gasteiger charge is -2.25. The van der Waals surface area contributed by atoms with E-state index in [1.165, 1.54) is 36.0 Å². The average molecular weight is 523 g/mol. The van der Waals surface area contributed by atoms with Crippen LogP contribution in [-0.4, -0.2) is 20.9 Å². The molecule has 8 heteroatoms. The van der Waals surface area contributed by atoms with Crippen molar-refractivity contribution in [2.24, 2.45) is 0 Å². The maximum absolute atomic E-state index is 13.6. The van der Waals surface area contributed by atoms with Crippen LogP contribution in [0.5, 0.6) is 0 Å². The molecule has 0 saturated heterocycles. The molecule has 0 radical (unpaired) electrons. The van der Waals surface area contributed by atoms with E-state index < -0.39 is 15.9 Å². The molecule has 0 heterocycles. The summed E-state index contributed by atoms with van der Waals surface area (Å²) < 4.78 is 28.3. The molecule has 0 aliphatic heterocycles. The molecule has 4 aromatic rings. The van der Waals surface area contributed by atoms with Gasteiger partial charge in [0.2, 0.25) is 5.91 Å². The van der Waals surface area contributed by atoms with Gasteiger partial charge in [-0.05, 0) is 67.1 Å². The molecule has 0 bridgehead atoms. The molecule has 35 heavy (non-hydrogen) atoms. The lowest BCUT2D eigenvalue weighted by molar-refractivity contribution is -0.114. The van der Waals surface area contributed by atoms with Crippen molar-refractivity contribution in [3.8, 4) is 0 Å². The van der Waals surface area contributed by atoms with Crippen molar-refractivity contribution in [3.63, 3.8) is 0 Å². The molecule has 4 rings (SSSR count). The fourth-order valence-electron chi connectivity index (χ4n) is 3.47. The number of para-hydroxylation sites is 2. The largest absolute Gasteiger partial charge is 0.323 e. The molecule has 0 aliphatic rings. The fourth-order valence-corrected chi connectivity index (χ4v) is 6.01. The number of amides is 1. The lowest BCUT2D eigenvalue weighted by atomic mass is 10.2. The zero-order valence-corrected chi connectivity index (χ0v) is 21.3. The van der Waals surface area contributed by atoms with Crippen LogP contribution in [0.15, 0.2) is 118 Å². The Morgan fingerprint density at radius 3 is 2.20 bits per heavy atom. The molecule has 0 aromatic heterocycles. The zero-order chi connectivity index (χ0) is 24.8. The zero-order valence-electron chi connectivity index (χ0n) is 18.9. The van der Waals surface area contributed by atoms with Gasteiger partial charge in [-0.25, -0.2) is 8.42 Å². The minimum absolute atomic E-state index is 0.0537. The minimum atomic E-state index is -4.03. The number of benzene rings is 4. The Morgan fingerprint density at radius 2 is 1.49 bits per heavy atom. The van der Waals surface area contributed by atoms with Gasteiger partial charge in [0.25, 0.3) is 10.0 Å². The normalized spacial score (nSPS) is 11.1. The van der Waals surface area contributed by atoms with Gasteiger partial charge in [-0.1, -0.05) is 71.9 Å². The predicted octanol–water partition coefficient (Wildman–Crippen LogP) is 6.63. The van der Waals surface area contributed by atoms with Crippen molar-refractivity contribution < 1.29 is 13.2 Å². The standard InChI is InChI=1S/C27H23ClN2O3S2/c1-20-9-5-7-13-25(20)30(35(32,33)23-17-15-21(28)16-18-23)19-27(31)29-24-12-6-8-14-26(24)34-22-10-3-2-4-11-22/h2-18H,19H2,1H3,(H,29,31). The van der Waals surface area contributed by atoms with Crippen LogP contribution in [0.1, 0.15) is 5.56 Å². The van der Waals surface area contributed by atoms with Gasteiger partial charge in [0.1, 0.15) is 6.54 Å². The first-order chi connectivity index (χ1) is 16.8. The van der Waals surface area contributed by atoms with Crippen LogP contribution in [0.3, 0.4) is 0 Å². The van der Waals surface area contributed by atoms with E-state index in [0.29, 0.717) is 16.4 Å². The van der Waals surface area contributed by atoms with Crippen LogP contribution in [0, 0.1) is 6.92 Å². The summed E-state index contributed by atoms with van der Waals surface area (Å²) >= 11 is 7.48. The van der Waals surface area contributed by atoms with E-state index in [9.17, 15) is 13.2 Å². The van der Waals surface area contributed by atoms with Crippen molar-refractivity contribution in [2.45, 2.75) is 21.6 Å². The van der Waals surface area contributed by atoms with Crippen molar-refractivity contribution in [1.82, 2.24) is 0 Å². The van der Waals surface area contributed by atoms with Gasteiger partial charge in [0, 0.05) is 14.8 Å². The third-order valence-electron chi connectivity index (χ3n) is 5.21. The number of anilines is 2. The highest BCUT2D eigenvalue weighted by molar-refractivity contribution is 7.99. The molecular formula is C27H23ClN2O3S2. The van der Waals surface area contributed by atoms with Crippen molar-refractivity contribution in [3.05, 3.63) is 114 Å². The Balaban J connectivity index is 1.63. The molecule has 0 aliphatic carbocycles. The van der Waals surface area contributed by atoms with Crippen LogP contribution in [0.25, 0.3) is 0 Å². The van der Waals surface area contributed by atoms with E-state index >= 15 is 0 Å². The third kappa shape index (κ3) is 6.06. The summed E-state index contributed by atoms with van der Waals surface area (Å²) in [6.07, 6.45) is 0. The SMILES string of the molecule is Cc1ccccc1N(CC(=O)Nc1ccccc1Sc1ccccc1)S(=O)(=O)c1ccc(Cl)cc1. The Hall–Kier alpha value is -3.26. The Bertz CT molecular complexity index is 1430. The summed E-state index contributed by atoms with van der Waals surface area (Å²) in [4.78, 5) is 15.1. The highest BCUT2D eigenvalue weighted by Crippen LogP contribution is 2.33. The number of carbonyl (C=O) groups excluding carboxylic acids is 1. The van der Waals surface area contributed by atoms with Crippen LogP contribution < -0.4 is 9.62 Å². The van der Waals surface area contributed by atoms with Gasteiger partial charge in [-0.15, -0.1) is 0 Å². The molecule has 0 unspecified atom stereocenters. The number of halogens is 1. The third-order valence-corrected chi connectivity index (χ3v) is 8.31. The minimum Gasteiger partial charge on any atom is -0.323 e. The summed E-state index contributed by atoms with van der Waals surface area (Å²) in [5, 5.41) is 3.32. The molecule has 1 amide bonds. The number of aryl methyl sites for hydroxylation is 1. The monoisotopic (exact) mass is 522 g/mol. The molecule has 0 spiro atoms. The number of nitrogens with zero attached hydrogens (tertiary/aromatic N) is 1. The summed E-state index contributed by atoms with van der Waals surface area (Å²) in [6.45, 7) is 1.42. The van der Waals surface area contributed by atoms with Crippen LogP contribution in [0.4, 0.5) is 11.4 Å². The first kappa shape index (κ1) is 24.9. The van der Waals surface area contributed by atoms with Crippen molar-refractivity contribution in [2.75, 3.05) is 16.2 Å². The number of rotatable bonds is 8. The Kier molecular flexibility index (Phi) is 7.80. The number of hydrogen-bond acceptors (Lipinski definition) is 4. The van der Waals surface area contributed by atoms with E-state index in [1.807, 2.05) is 67.6 Å². The summed E-state index contributed by atoms with van der Waals surface area (Å²) in [5.74, 6) is -0.452. The molecule has 0 saturated carbocycles. The van der Waals surface area contributed by atoms with E-state index in [2.05, 4.69) is 5.32 Å². The van der Waals surface area contributed by atoms with Gasteiger partial charge < -0.3 is 5.32 Å². The molecule has 178 valence electrons. The highest BCUT2D eigenvalue weighted by Gasteiger charge is 2.28. The maximum Gasteiger partial charge on any atom is 0.264 e. The summed E-state index contributed by atoms with van der Waals surface area (Å²) in [7, 11) is -4.03. The molecule has 0 atom stereocenters. The number of sulfonamides is 1. The quantitative estimate of drug-likeness (QED) is 0.282. The van der Waals surface area contributed by atoms with Crippen LogP contribution >= 0.6 is 23.4 Å². The number of carbonyl (C=O) groups is 1. The fraction of sp³-hybridized carbons (Fsp3) is 0.0741. The maximum atomic E-state index is 13.6. The van der Waals surface area contributed by atoms with Gasteiger partial charge in [0.05, 0.1) is 16.3 Å². The second-order valence-corrected chi connectivity index (χ2v) is 11.1. The van der Waals surface area contributed by atoms with Crippen LogP contribution in [-0.2, 0) is 14.8 Å². The van der Waals surface area contributed by atoms with Gasteiger partial charge in [-0.3, -0.25) is 9.10 Å². The second kappa shape index (κ2) is 11.0. The molecule has 4 aromatic carbocycles. The summed E-state index contributed by atoms with van der Waals surface area (Å²) in [5.41, 5.74) is 1.78. The second-order valence-electron chi connectivity index (χ2n) is 7.71. The van der Waals surface area contributed by atoms with Gasteiger partial charge in [0.15, 0.2) is 0 Å². The van der Waals surface area contributed by atoms with Crippen molar-refractivity contribution in [1.29, 1.82) is 0 Å². The van der Waals surface area contributed by atoms with Gasteiger partial charge in [-0.2, -0.15) is 0 Å². The first-order valence-corrected chi connectivity index (χ1v) is 13.4. The Morgan fingerprint density at radius 1 is 0.857 bits per heavy atom. The topological polar surface area (TPSA) is 66.5 Å². The van der Waals surface area contributed by atoms with E-state index in [-0.39, 0.29) is 11.4 Å². The highest BCUT2D eigenvalue weighted by atomic mass is 35.5. The molecule has 0 fully saturated rings. The van der Waals surface area contributed by atoms with Crippen LogP contribution in [0.2, 0.25) is 5.02 Å². The summed E-state index contributed by atoms with van der Waals surface area (Å²) in [6, 6.07) is 30.2. The average Bonchev–Trinajstić information content (AvgIpc) is 2.85. The lowest BCUT2D eigenvalue weighted by Crippen LogP contribution is -2.38. The first-order valence-electron chi connectivity index (χ1n) is 10.8. The molecule has 5 nitrogen and oxygen atoms in total. The number of hydrogen-bond donors (Lipinski definition) is 1. The van der Waals surface area contributed by atoms with E-state index in [1.54, 1.807) is 18.2 Å². The Labute approximate surface area is 214 Å². The van der Waals surface area contributed by atoms with Crippen molar-refractivity contribution >= 4 is 50.7 Å². The number of nitrogens with one attached hydrogen (secondary N) is 1. The molecule has 1 N–H and O–H groups in total. The smallest absolute Gasteiger partial charge is 0.264 e.